The van der Waals surface area contributed by atoms with Crippen molar-refractivity contribution in [1.82, 2.24) is 0 Å². The van der Waals surface area contributed by atoms with Gasteiger partial charge in [0.2, 0.25) is 0 Å². The van der Waals surface area contributed by atoms with E-state index in [1.54, 1.807) is 0 Å². The minimum absolute atomic E-state index is 0.717. The number of esters is 1. The Balaban J connectivity index is 3.73. The van der Waals surface area contributed by atoms with Gasteiger partial charge in [0.1, 0.15) is 0 Å². The van der Waals surface area contributed by atoms with E-state index < -0.39 is 25.2 Å². The summed E-state index contributed by atoms with van der Waals surface area (Å²) >= 11 is 0. The molecular formula is C5H8O3. The van der Waals surface area contributed by atoms with Gasteiger partial charge in [0.25, 0.3) is 0 Å². The Bertz CT molecular complexity index is 172. The molecular weight excluding hydrogens is 108 g/mol. The lowest BCUT2D eigenvalue weighted by atomic mass is 10.6. The van der Waals surface area contributed by atoms with Crippen molar-refractivity contribution < 1.29 is 18.8 Å². The number of rotatable bonds is 2. The average Bonchev–Trinajstić information content (AvgIpc) is 1.80. The van der Waals surface area contributed by atoms with Gasteiger partial charge < -0.3 is 9.84 Å². The lowest BCUT2D eigenvalue weighted by Crippen LogP contribution is -2.05. The minimum Gasteiger partial charge on any atom is -0.502 e. The smallest absolute Gasteiger partial charge is 0.372 e. The predicted octanol–water partition coefficient (Wildman–Crippen LogP) is 0.621. The summed E-state index contributed by atoms with van der Waals surface area (Å²) in [5, 5.41) is 8.37. The highest BCUT2D eigenvalue weighted by molar-refractivity contribution is 5.84. The largest absolute Gasteiger partial charge is 0.502 e. The Morgan fingerprint density at radius 1 is 2.12 bits per heavy atom. The van der Waals surface area contributed by atoms with E-state index in [9.17, 15) is 4.79 Å². The number of aliphatic hydroxyl groups excluding tert-OH is 1. The summed E-state index contributed by atoms with van der Waals surface area (Å²) < 4.78 is 23.9. The first-order valence-corrected chi connectivity index (χ1v) is 1.88. The first-order chi connectivity index (χ1) is 4.83. The first kappa shape index (κ1) is 3.12. The zero-order valence-corrected chi connectivity index (χ0v) is 4.18. The second-order valence-electron chi connectivity index (χ2n) is 1.02. The van der Waals surface area contributed by atoms with Gasteiger partial charge in [-0.05, 0) is 13.4 Å². The van der Waals surface area contributed by atoms with E-state index in [2.05, 4.69) is 11.3 Å². The predicted molar refractivity (Wildman–Crippen MR) is 28.4 cm³/mol. The molecule has 0 radical (unpaired) electrons. The molecule has 0 aliphatic carbocycles. The van der Waals surface area contributed by atoms with Crippen molar-refractivity contribution in [2.45, 2.75) is 6.85 Å². The van der Waals surface area contributed by atoms with E-state index in [-0.39, 0.29) is 0 Å². The van der Waals surface area contributed by atoms with Gasteiger partial charge >= 0.3 is 5.97 Å². The molecule has 0 aromatic rings. The molecule has 0 aromatic heterocycles. The molecule has 0 aliphatic rings. The molecule has 0 amide bonds. The topological polar surface area (TPSA) is 46.5 Å². The van der Waals surface area contributed by atoms with Crippen LogP contribution in [0.1, 0.15) is 11.0 Å². The summed E-state index contributed by atoms with van der Waals surface area (Å²) in [6.07, 6.45) is 0. The van der Waals surface area contributed by atoms with Gasteiger partial charge in [-0.15, -0.1) is 0 Å². The molecule has 0 atom stereocenters. The zero-order chi connectivity index (χ0) is 9.07. The molecule has 0 aromatic carbocycles. The summed E-state index contributed by atoms with van der Waals surface area (Å²) in [7, 11) is 0. The number of hydrogen-bond acceptors (Lipinski definition) is 3. The van der Waals surface area contributed by atoms with E-state index in [0.29, 0.717) is 0 Å². The van der Waals surface area contributed by atoms with Gasteiger partial charge in [0, 0.05) is 4.11 Å². The van der Waals surface area contributed by atoms with Crippen LogP contribution < -0.4 is 0 Å². The van der Waals surface area contributed by atoms with E-state index >= 15 is 0 Å². The van der Waals surface area contributed by atoms with Crippen LogP contribution in [0.25, 0.3) is 0 Å². The molecule has 0 heterocycles. The molecule has 0 rings (SSSR count). The van der Waals surface area contributed by atoms with Crippen LogP contribution in [0.15, 0.2) is 12.3 Å². The summed E-state index contributed by atoms with van der Waals surface area (Å²) in [5.41, 5.74) is 0. The van der Waals surface area contributed by atoms with Crippen molar-refractivity contribution in [3.63, 3.8) is 0 Å². The highest BCUT2D eigenvalue weighted by Gasteiger charge is 2.01. The van der Waals surface area contributed by atoms with Crippen LogP contribution in [0.2, 0.25) is 0 Å². The van der Waals surface area contributed by atoms with Crippen LogP contribution in [-0.4, -0.2) is 17.7 Å². The molecule has 0 saturated carbocycles. The van der Waals surface area contributed by atoms with E-state index in [1.165, 1.54) is 0 Å². The van der Waals surface area contributed by atoms with Gasteiger partial charge in [-0.3, -0.25) is 0 Å². The summed E-state index contributed by atoms with van der Waals surface area (Å²) in [6, 6.07) is 0. The fourth-order valence-electron chi connectivity index (χ4n) is 0.149. The first-order valence-electron chi connectivity index (χ1n) is 3.38. The monoisotopic (exact) mass is 119 g/mol. The maximum atomic E-state index is 10.4. The Labute approximate surface area is 51.8 Å². The highest BCUT2D eigenvalue weighted by Crippen LogP contribution is 1.85. The lowest BCUT2D eigenvalue weighted by molar-refractivity contribution is -0.141. The van der Waals surface area contributed by atoms with Gasteiger partial charge in [0.05, 0.1) is 6.61 Å². The van der Waals surface area contributed by atoms with Crippen molar-refractivity contribution in [3.8, 4) is 0 Å². The maximum Gasteiger partial charge on any atom is 0.372 e. The molecule has 8 heavy (non-hydrogen) atoms. The molecule has 1 N–H and O–H groups in total. The molecule has 0 saturated heterocycles. The number of carbonyl (C=O) groups is 1. The number of carbonyl (C=O) groups excluding carboxylic acids is 1. The minimum atomic E-state index is -2.33. The van der Waals surface area contributed by atoms with Crippen LogP contribution in [0, 0.1) is 0 Å². The SMILES string of the molecule is [2H]C([2H])([2H])COC(=O)C(=C)O. The number of hydrogen-bond donors (Lipinski definition) is 1. The van der Waals surface area contributed by atoms with Gasteiger partial charge in [-0.2, -0.15) is 0 Å². The molecule has 46 valence electrons. The third-order valence-electron chi connectivity index (χ3n) is 0.439. The van der Waals surface area contributed by atoms with E-state index in [0.717, 1.165) is 0 Å². The summed E-state index contributed by atoms with van der Waals surface area (Å²) in [6.45, 7) is -0.192. The van der Waals surface area contributed by atoms with E-state index in [4.69, 9.17) is 9.22 Å². The second kappa shape index (κ2) is 3.07. The van der Waals surface area contributed by atoms with Crippen LogP contribution in [-0.2, 0) is 9.53 Å². The third kappa shape index (κ3) is 2.23. The zero-order valence-electron chi connectivity index (χ0n) is 7.18. The molecule has 3 nitrogen and oxygen atoms in total. The van der Waals surface area contributed by atoms with Crippen LogP contribution in [0.4, 0.5) is 0 Å². The van der Waals surface area contributed by atoms with Crippen LogP contribution in [0.5, 0.6) is 0 Å². The molecule has 3 heteroatoms. The van der Waals surface area contributed by atoms with Crippen LogP contribution >= 0.6 is 0 Å². The quantitative estimate of drug-likeness (QED) is 0.329. The summed E-state index contributed by atoms with van der Waals surface area (Å²) in [5.74, 6) is -1.91. The van der Waals surface area contributed by atoms with Crippen molar-refractivity contribution in [3.05, 3.63) is 12.3 Å². The molecule has 0 bridgehead atoms. The van der Waals surface area contributed by atoms with Crippen LogP contribution in [0.3, 0.4) is 0 Å². The van der Waals surface area contributed by atoms with Crippen molar-refractivity contribution in [1.29, 1.82) is 0 Å². The molecule has 0 aliphatic heterocycles. The fraction of sp³-hybridized carbons (Fsp3) is 0.400. The molecule has 0 unspecified atom stereocenters. The summed E-state index contributed by atoms with van der Waals surface area (Å²) in [4.78, 5) is 10.4. The maximum absolute atomic E-state index is 10.4. The Kier molecular flexibility index (Phi) is 1.20. The second-order valence-corrected chi connectivity index (χ2v) is 1.02. The third-order valence-corrected chi connectivity index (χ3v) is 0.439. The normalized spacial score (nSPS) is 15.2. The standard InChI is InChI=1S/C5H8O3/c1-3-8-5(7)4(2)6/h6H,2-3H2,1H3/i1D3. The van der Waals surface area contributed by atoms with Crippen molar-refractivity contribution >= 4 is 5.97 Å². The molecule has 0 fully saturated rings. The van der Waals surface area contributed by atoms with Gasteiger partial charge in [-0.25, -0.2) is 4.79 Å². The van der Waals surface area contributed by atoms with Crippen molar-refractivity contribution in [2.24, 2.45) is 0 Å². The van der Waals surface area contributed by atoms with Gasteiger partial charge in [0.15, 0.2) is 5.76 Å². The Morgan fingerprint density at radius 2 is 2.75 bits per heavy atom. The highest BCUT2D eigenvalue weighted by atomic mass is 16.5. The van der Waals surface area contributed by atoms with E-state index in [1.807, 2.05) is 0 Å². The average molecular weight is 119 g/mol. The number of ether oxygens (including phenoxy) is 1. The number of aliphatic hydroxyl groups is 1. The Morgan fingerprint density at radius 3 is 3.12 bits per heavy atom. The van der Waals surface area contributed by atoms with Crippen molar-refractivity contribution in [2.75, 3.05) is 6.61 Å². The van der Waals surface area contributed by atoms with Gasteiger partial charge in [-0.1, -0.05) is 0 Å². The Hall–Kier alpha value is -0.990. The fourth-order valence-corrected chi connectivity index (χ4v) is 0.149. The molecule has 0 spiro atoms. The lowest BCUT2D eigenvalue weighted by Gasteiger charge is -1.95.